The largest absolute Gasteiger partial charge is 0.272 e. The Hall–Kier alpha value is -3.84. The molecule has 0 aromatic heterocycles. The van der Waals surface area contributed by atoms with E-state index in [2.05, 4.69) is 18.3 Å². The van der Waals surface area contributed by atoms with Crippen molar-refractivity contribution < 1.29 is 9.59 Å². The molecule has 4 heteroatoms. The maximum atomic E-state index is 13.8. The molecule has 4 nitrogen and oxygen atoms in total. The number of carbonyl (C=O) groups excluding carboxylic acids is 2. The molecule has 2 atom stereocenters. The number of amides is 2. The molecule has 0 saturated heterocycles. The molecule has 3 rings (SSSR count). The third-order valence-electron chi connectivity index (χ3n) is 6.09. The number of carbonyl (C=O) groups is 2. The summed E-state index contributed by atoms with van der Waals surface area (Å²) in [4.78, 5) is 27.0. The fraction of sp³-hybridized carbons (Fsp3) is 0.267. The lowest BCUT2D eigenvalue weighted by Crippen LogP contribution is -2.53. The Labute approximate surface area is 203 Å². The zero-order chi connectivity index (χ0) is 24.7. The van der Waals surface area contributed by atoms with Crippen LogP contribution in [0.5, 0.6) is 0 Å². The van der Waals surface area contributed by atoms with E-state index in [9.17, 15) is 9.59 Å². The Morgan fingerprint density at radius 1 is 0.941 bits per heavy atom. The second kappa shape index (κ2) is 11.3. The highest BCUT2D eigenvalue weighted by Crippen LogP contribution is 2.26. The van der Waals surface area contributed by atoms with Crippen LogP contribution in [0.15, 0.2) is 72.8 Å². The van der Waals surface area contributed by atoms with Crippen molar-refractivity contribution in [2.45, 2.75) is 52.5 Å². The summed E-state index contributed by atoms with van der Waals surface area (Å²) in [5.74, 6) is 1.98. The Morgan fingerprint density at radius 2 is 1.56 bits per heavy atom. The summed E-state index contributed by atoms with van der Waals surface area (Å²) in [6, 6.07) is 22.6. The van der Waals surface area contributed by atoms with Gasteiger partial charge in [0.2, 0.25) is 0 Å². The number of benzene rings is 3. The first-order valence-corrected chi connectivity index (χ1v) is 11.6. The molecule has 2 amide bonds. The average molecular weight is 453 g/mol. The van der Waals surface area contributed by atoms with E-state index < -0.39 is 6.04 Å². The average Bonchev–Trinajstić information content (AvgIpc) is 2.85. The minimum atomic E-state index is -0.431. The van der Waals surface area contributed by atoms with Gasteiger partial charge in [-0.25, -0.2) is 5.01 Å². The summed E-state index contributed by atoms with van der Waals surface area (Å²) in [6.07, 6.45) is 6.92. The SMILES string of the molecule is C#CC[C@H](C(C)c1ccccc1)N(NC(=O)c1ccc(CC)cc1)C(=O)c1cc(C)cc(C)c1. The van der Waals surface area contributed by atoms with Gasteiger partial charge in [-0.2, -0.15) is 0 Å². The molecule has 0 spiro atoms. The van der Waals surface area contributed by atoms with Crippen LogP contribution in [-0.4, -0.2) is 22.9 Å². The number of terminal acetylenes is 1. The molecule has 3 aromatic rings. The van der Waals surface area contributed by atoms with Gasteiger partial charge in [0.15, 0.2) is 0 Å². The number of hydrazine groups is 1. The fourth-order valence-corrected chi connectivity index (χ4v) is 4.18. The highest BCUT2D eigenvalue weighted by molar-refractivity contribution is 5.99. The summed E-state index contributed by atoms with van der Waals surface area (Å²) in [5.41, 5.74) is 8.04. The first-order chi connectivity index (χ1) is 16.3. The third-order valence-corrected chi connectivity index (χ3v) is 6.09. The van der Waals surface area contributed by atoms with Crippen LogP contribution in [0.1, 0.15) is 69.2 Å². The minimum Gasteiger partial charge on any atom is -0.267 e. The number of rotatable bonds is 7. The van der Waals surface area contributed by atoms with Crippen LogP contribution < -0.4 is 5.43 Å². The van der Waals surface area contributed by atoms with E-state index in [0.29, 0.717) is 17.5 Å². The van der Waals surface area contributed by atoms with Gasteiger partial charge in [0.1, 0.15) is 0 Å². The van der Waals surface area contributed by atoms with Gasteiger partial charge in [-0.3, -0.25) is 15.0 Å². The molecule has 0 fully saturated rings. The van der Waals surface area contributed by atoms with E-state index in [1.54, 1.807) is 12.1 Å². The summed E-state index contributed by atoms with van der Waals surface area (Å²) in [7, 11) is 0. The Bertz CT molecular complexity index is 1160. The van der Waals surface area contributed by atoms with Crippen molar-refractivity contribution in [3.05, 3.63) is 106 Å². The normalized spacial score (nSPS) is 12.3. The van der Waals surface area contributed by atoms with Crippen molar-refractivity contribution in [2.75, 3.05) is 0 Å². The number of hydrogen-bond donors (Lipinski definition) is 1. The monoisotopic (exact) mass is 452 g/mol. The molecule has 0 saturated carbocycles. The molecular formula is C30H32N2O2. The Kier molecular flexibility index (Phi) is 8.27. The van der Waals surface area contributed by atoms with Crippen molar-refractivity contribution in [3.8, 4) is 12.3 Å². The smallest absolute Gasteiger partial charge is 0.267 e. The molecule has 1 N–H and O–H groups in total. The summed E-state index contributed by atoms with van der Waals surface area (Å²) in [5, 5.41) is 1.43. The van der Waals surface area contributed by atoms with E-state index in [1.807, 2.05) is 81.4 Å². The molecule has 0 aliphatic heterocycles. The minimum absolute atomic E-state index is 0.102. The predicted octanol–water partition coefficient (Wildman–Crippen LogP) is 5.85. The van der Waals surface area contributed by atoms with Gasteiger partial charge < -0.3 is 0 Å². The number of nitrogens with one attached hydrogen (secondary N) is 1. The lowest BCUT2D eigenvalue weighted by molar-refractivity contribution is 0.0455. The van der Waals surface area contributed by atoms with Crippen LogP contribution in [0.3, 0.4) is 0 Å². The van der Waals surface area contributed by atoms with Crippen LogP contribution >= 0.6 is 0 Å². The van der Waals surface area contributed by atoms with Gasteiger partial charge in [-0.15, -0.1) is 12.3 Å². The number of nitrogens with zero attached hydrogens (tertiary/aromatic N) is 1. The van der Waals surface area contributed by atoms with Crippen molar-refractivity contribution in [3.63, 3.8) is 0 Å². The first-order valence-electron chi connectivity index (χ1n) is 11.6. The third kappa shape index (κ3) is 5.94. The topological polar surface area (TPSA) is 49.4 Å². The first kappa shape index (κ1) is 24.8. The van der Waals surface area contributed by atoms with Gasteiger partial charge >= 0.3 is 0 Å². The quantitative estimate of drug-likeness (QED) is 0.361. The maximum absolute atomic E-state index is 13.8. The van der Waals surface area contributed by atoms with Crippen LogP contribution in [0.4, 0.5) is 0 Å². The van der Waals surface area contributed by atoms with Gasteiger partial charge in [-0.1, -0.05) is 73.5 Å². The number of hydrogen-bond acceptors (Lipinski definition) is 2. The number of aryl methyl sites for hydroxylation is 3. The second-order valence-corrected chi connectivity index (χ2v) is 8.72. The van der Waals surface area contributed by atoms with Gasteiger partial charge in [0.05, 0.1) is 6.04 Å². The standard InChI is InChI=1S/C30H32N2O2/c1-6-11-28(23(5)25-12-9-8-10-13-25)32(30(34)27-19-21(3)18-22(4)20-27)31-29(33)26-16-14-24(7-2)15-17-26/h1,8-10,12-20,23,28H,7,11H2,2-5H3,(H,31,33)/t23?,28-/m1/s1. The Morgan fingerprint density at radius 3 is 2.12 bits per heavy atom. The van der Waals surface area contributed by atoms with Crippen LogP contribution in [-0.2, 0) is 6.42 Å². The maximum Gasteiger partial charge on any atom is 0.272 e. The van der Waals surface area contributed by atoms with Crippen LogP contribution in [0.2, 0.25) is 0 Å². The lowest BCUT2D eigenvalue weighted by atomic mass is 9.90. The molecule has 0 bridgehead atoms. The van der Waals surface area contributed by atoms with Gasteiger partial charge in [0, 0.05) is 23.5 Å². The fourth-order valence-electron chi connectivity index (χ4n) is 4.18. The zero-order valence-electron chi connectivity index (χ0n) is 20.3. The molecule has 0 heterocycles. The molecule has 0 radical (unpaired) electrons. The highest BCUT2D eigenvalue weighted by atomic mass is 16.2. The van der Waals surface area contributed by atoms with Crippen molar-refractivity contribution >= 4 is 11.8 Å². The lowest BCUT2D eigenvalue weighted by Gasteiger charge is -2.35. The van der Waals surface area contributed by atoms with Crippen LogP contribution in [0.25, 0.3) is 0 Å². The zero-order valence-corrected chi connectivity index (χ0v) is 20.3. The highest BCUT2D eigenvalue weighted by Gasteiger charge is 2.31. The second-order valence-electron chi connectivity index (χ2n) is 8.72. The molecule has 0 aliphatic rings. The van der Waals surface area contributed by atoms with E-state index in [4.69, 9.17) is 6.42 Å². The van der Waals surface area contributed by atoms with Crippen molar-refractivity contribution in [1.29, 1.82) is 0 Å². The van der Waals surface area contributed by atoms with E-state index in [-0.39, 0.29) is 17.7 Å². The van der Waals surface area contributed by atoms with Gasteiger partial charge in [-0.05, 0) is 55.7 Å². The molecule has 34 heavy (non-hydrogen) atoms. The summed E-state index contributed by atoms with van der Waals surface area (Å²) >= 11 is 0. The van der Waals surface area contributed by atoms with E-state index in [0.717, 1.165) is 28.7 Å². The van der Waals surface area contributed by atoms with Crippen molar-refractivity contribution in [2.24, 2.45) is 0 Å². The molecule has 1 unspecified atom stereocenters. The summed E-state index contributed by atoms with van der Waals surface area (Å²) in [6.45, 7) is 8.00. The Balaban J connectivity index is 2.02. The molecular weight excluding hydrogens is 420 g/mol. The van der Waals surface area contributed by atoms with Gasteiger partial charge in [0.25, 0.3) is 11.8 Å². The molecule has 174 valence electrons. The predicted molar refractivity (Wildman–Crippen MR) is 137 cm³/mol. The van der Waals surface area contributed by atoms with Crippen LogP contribution in [0, 0.1) is 26.2 Å². The summed E-state index contributed by atoms with van der Waals surface area (Å²) < 4.78 is 0. The van der Waals surface area contributed by atoms with Crippen molar-refractivity contribution in [1.82, 2.24) is 10.4 Å². The molecule has 3 aromatic carbocycles. The van der Waals surface area contributed by atoms with E-state index >= 15 is 0 Å². The van der Waals surface area contributed by atoms with E-state index in [1.165, 1.54) is 5.01 Å². The molecule has 0 aliphatic carbocycles.